The zero-order valence-electron chi connectivity index (χ0n) is 12.3. The molecular formula is C16H14ClN3O2S. The van der Waals surface area contributed by atoms with Gasteiger partial charge < -0.3 is 15.0 Å². The number of nitrogens with zero attached hydrogens (tertiary/aromatic N) is 1. The summed E-state index contributed by atoms with van der Waals surface area (Å²) in [5.41, 5.74) is 1.33. The number of carbonyl (C=O) groups is 1. The first-order valence-electron chi connectivity index (χ1n) is 6.87. The first kappa shape index (κ1) is 15.6. The molecule has 0 saturated carbocycles. The van der Waals surface area contributed by atoms with Crippen LogP contribution in [0.2, 0.25) is 5.02 Å². The molecule has 23 heavy (non-hydrogen) atoms. The number of aromatic nitrogens is 2. The predicted molar refractivity (Wildman–Crippen MR) is 91.1 cm³/mol. The van der Waals surface area contributed by atoms with Crippen LogP contribution in [0.3, 0.4) is 0 Å². The molecule has 1 aromatic carbocycles. The van der Waals surface area contributed by atoms with Crippen LogP contribution >= 0.6 is 22.9 Å². The van der Waals surface area contributed by atoms with E-state index in [1.807, 2.05) is 17.5 Å². The number of aromatic amines is 1. The first-order valence-corrected chi connectivity index (χ1v) is 8.12. The number of amides is 1. The number of methoxy groups -OCH3 is 1. The molecule has 2 aromatic heterocycles. The summed E-state index contributed by atoms with van der Waals surface area (Å²) in [6.45, 7) is 0.292. The van der Waals surface area contributed by atoms with Gasteiger partial charge in [-0.1, -0.05) is 17.7 Å². The van der Waals surface area contributed by atoms with Crippen molar-refractivity contribution in [2.45, 2.75) is 6.54 Å². The second-order valence-corrected chi connectivity index (χ2v) is 6.13. The molecule has 0 aliphatic rings. The van der Waals surface area contributed by atoms with Crippen LogP contribution in [0.15, 0.2) is 41.9 Å². The third kappa shape index (κ3) is 3.55. The van der Waals surface area contributed by atoms with Gasteiger partial charge in [-0.3, -0.25) is 4.79 Å². The molecule has 0 bridgehead atoms. The van der Waals surface area contributed by atoms with E-state index >= 15 is 0 Å². The maximum atomic E-state index is 12.3. The Labute approximate surface area is 142 Å². The molecule has 0 aliphatic heterocycles. The number of carbonyl (C=O) groups excluding carboxylic acids is 1. The molecule has 3 aromatic rings. The molecule has 1 amide bonds. The number of ether oxygens (including phenoxy) is 1. The van der Waals surface area contributed by atoms with E-state index in [4.69, 9.17) is 16.3 Å². The predicted octanol–water partition coefficient (Wildman–Crippen LogP) is 3.73. The largest absolute Gasteiger partial charge is 0.496 e. The Kier molecular flexibility index (Phi) is 4.64. The number of rotatable bonds is 5. The number of imidazole rings is 1. The van der Waals surface area contributed by atoms with Crippen molar-refractivity contribution in [3.05, 3.63) is 58.3 Å². The third-order valence-corrected chi connectivity index (χ3v) is 4.38. The highest BCUT2D eigenvalue weighted by molar-refractivity contribution is 7.13. The lowest BCUT2D eigenvalue weighted by Gasteiger charge is -2.09. The summed E-state index contributed by atoms with van der Waals surface area (Å²) >= 11 is 7.57. The van der Waals surface area contributed by atoms with Gasteiger partial charge in [0.05, 0.1) is 36.0 Å². The van der Waals surface area contributed by atoms with E-state index in [9.17, 15) is 4.79 Å². The highest BCUT2D eigenvalue weighted by atomic mass is 35.5. The van der Waals surface area contributed by atoms with Crippen LogP contribution in [0.4, 0.5) is 0 Å². The van der Waals surface area contributed by atoms with Crippen molar-refractivity contribution in [2.75, 3.05) is 7.11 Å². The molecular weight excluding hydrogens is 334 g/mol. The number of halogens is 1. The zero-order chi connectivity index (χ0) is 16.2. The van der Waals surface area contributed by atoms with Gasteiger partial charge >= 0.3 is 0 Å². The summed E-state index contributed by atoms with van der Waals surface area (Å²) < 4.78 is 5.19. The number of benzene rings is 1. The lowest BCUT2D eigenvalue weighted by molar-refractivity contribution is 0.0947. The SMILES string of the molecule is COc1ccc(Cl)cc1C(=O)NCc1ncc(-c2cccs2)[nH]1. The van der Waals surface area contributed by atoms with Crippen molar-refractivity contribution in [1.82, 2.24) is 15.3 Å². The number of hydrogen-bond acceptors (Lipinski definition) is 4. The molecule has 0 atom stereocenters. The zero-order valence-corrected chi connectivity index (χ0v) is 13.9. The molecule has 118 valence electrons. The van der Waals surface area contributed by atoms with E-state index in [1.54, 1.807) is 35.7 Å². The third-order valence-electron chi connectivity index (χ3n) is 3.24. The van der Waals surface area contributed by atoms with Crippen LogP contribution in [-0.2, 0) is 6.54 Å². The molecule has 3 rings (SSSR count). The van der Waals surface area contributed by atoms with E-state index in [2.05, 4.69) is 15.3 Å². The van der Waals surface area contributed by atoms with Crippen molar-refractivity contribution >= 4 is 28.8 Å². The molecule has 0 spiro atoms. The lowest BCUT2D eigenvalue weighted by Crippen LogP contribution is -2.24. The topological polar surface area (TPSA) is 67.0 Å². The fourth-order valence-corrected chi connectivity index (χ4v) is 2.99. The van der Waals surface area contributed by atoms with Gasteiger partial charge in [0.2, 0.25) is 0 Å². The average Bonchev–Trinajstić information content (AvgIpc) is 3.23. The molecule has 2 N–H and O–H groups in total. The Morgan fingerprint density at radius 2 is 2.30 bits per heavy atom. The second-order valence-electron chi connectivity index (χ2n) is 4.75. The van der Waals surface area contributed by atoms with E-state index in [0.717, 1.165) is 10.6 Å². The smallest absolute Gasteiger partial charge is 0.255 e. The maximum absolute atomic E-state index is 12.3. The first-order chi connectivity index (χ1) is 11.2. The minimum Gasteiger partial charge on any atom is -0.496 e. The fraction of sp³-hybridized carbons (Fsp3) is 0.125. The lowest BCUT2D eigenvalue weighted by atomic mass is 10.2. The highest BCUT2D eigenvalue weighted by Crippen LogP contribution is 2.23. The van der Waals surface area contributed by atoms with Crippen LogP contribution in [-0.4, -0.2) is 23.0 Å². The fourth-order valence-electron chi connectivity index (χ4n) is 2.13. The van der Waals surface area contributed by atoms with Crippen LogP contribution < -0.4 is 10.1 Å². The van der Waals surface area contributed by atoms with Gasteiger partial charge in [0.15, 0.2) is 0 Å². The van der Waals surface area contributed by atoms with Gasteiger partial charge in [0.25, 0.3) is 5.91 Å². The van der Waals surface area contributed by atoms with E-state index in [0.29, 0.717) is 28.7 Å². The molecule has 7 heteroatoms. The van der Waals surface area contributed by atoms with Crippen molar-refractivity contribution in [3.63, 3.8) is 0 Å². The van der Waals surface area contributed by atoms with E-state index in [-0.39, 0.29) is 5.91 Å². The van der Waals surface area contributed by atoms with Crippen LogP contribution in [0.25, 0.3) is 10.6 Å². The molecule has 0 radical (unpaired) electrons. The quantitative estimate of drug-likeness (QED) is 0.739. The van der Waals surface area contributed by atoms with E-state index in [1.165, 1.54) is 7.11 Å². The van der Waals surface area contributed by atoms with Crippen LogP contribution in [0, 0.1) is 0 Å². The summed E-state index contributed by atoms with van der Waals surface area (Å²) in [5.74, 6) is 0.895. The number of H-pyrrole nitrogens is 1. The highest BCUT2D eigenvalue weighted by Gasteiger charge is 2.13. The Hall–Kier alpha value is -2.31. The van der Waals surface area contributed by atoms with Gasteiger partial charge in [-0.15, -0.1) is 11.3 Å². The molecule has 0 unspecified atom stereocenters. The average molecular weight is 348 g/mol. The van der Waals surface area contributed by atoms with E-state index < -0.39 is 0 Å². The Balaban J connectivity index is 1.69. The molecule has 0 fully saturated rings. The summed E-state index contributed by atoms with van der Waals surface area (Å²) in [6, 6.07) is 8.91. The van der Waals surface area contributed by atoms with Crippen molar-refractivity contribution in [2.24, 2.45) is 0 Å². The summed E-state index contributed by atoms with van der Waals surface area (Å²) in [7, 11) is 1.51. The van der Waals surface area contributed by atoms with Crippen molar-refractivity contribution in [1.29, 1.82) is 0 Å². The maximum Gasteiger partial charge on any atom is 0.255 e. The molecule has 0 aliphatic carbocycles. The minimum absolute atomic E-state index is 0.265. The van der Waals surface area contributed by atoms with Gasteiger partial charge in [-0.25, -0.2) is 4.98 Å². The molecule has 2 heterocycles. The van der Waals surface area contributed by atoms with Gasteiger partial charge in [-0.05, 0) is 29.6 Å². The molecule has 5 nitrogen and oxygen atoms in total. The Morgan fingerprint density at radius 1 is 1.43 bits per heavy atom. The van der Waals surface area contributed by atoms with Crippen LogP contribution in [0.5, 0.6) is 5.75 Å². The van der Waals surface area contributed by atoms with Gasteiger partial charge in [-0.2, -0.15) is 0 Å². The van der Waals surface area contributed by atoms with Crippen molar-refractivity contribution < 1.29 is 9.53 Å². The monoisotopic (exact) mass is 347 g/mol. The van der Waals surface area contributed by atoms with Gasteiger partial charge in [0.1, 0.15) is 11.6 Å². The minimum atomic E-state index is -0.265. The normalized spacial score (nSPS) is 10.5. The summed E-state index contributed by atoms with van der Waals surface area (Å²) in [6.07, 6.45) is 1.76. The Morgan fingerprint density at radius 3 is 3.04 bits per heavy atom. The molecule has 0 saturated heterocycles. The van der Waals surface area contributed by atoms with Crippen LogP contribution in [0.1, 0.15) is 16.2 Å². The second kappa shape index (κ2) is 6.85. The number of thiophene rings is 1. The Bertz CT molecular complexity index is 815. The summed E-state index contributed by atoms with van der Waals surface area (Å²) in [5, 5.41) is 5.29. The number of nitrogens with one attached hydrogen (secondary N) is 2. The summed E-state index contributed by atoms with van der Waals surface area (Å²) in [4.78, 5) is 20.9. The number of hydrogen-bond donors (Lipinski definition) is 2. The standard InChI is InChI=1S/C16H14ClN3O2S/c1-22-13-5-4-10(17)7-11(13)16(21)19-9-15-18-8-12(20-15)14-3-2-6-23-14/h2-8H,9H2,1H3,(H,18,20)(H,19,21). The van der Waals surface area contributed by atoms with Gasteiger partial charge in [0, 0.05) is 5.02 Å². The van der Waals surface area contributed by atoms with Crippen molar-refractivity contribution in [3.8, 4) is 16.3 Å².